The van der Waals surface area contributed by atoms with Crippen LogP contribution in [0.4, 0.5) is 10.5 Å². The number of aliphatic hydroxyl groups is 1. The molecule has 3 aliphatic heterocycles. The summed E-state index contributed by atoms with van der Waals surface area (Å²) in [5, 5.41) is 16.1. The number of hydrogen-bond acceptors (Lipinski definition) is 6. The number of likely N-dealkylation sites (tertiary alicyclic amines) is 2. The molecule has 2 aromatic carbocycles. The molecule has 8 nitrogen and oxygen atoms in total. The van der Waals surface area contributed by atoms with Gasteiger partial charge in [-0.1, -0.05) is 36.4 Å². The molecule has 0 radical (unpaired) electrons. The number of rotatable bonds is 9. The predicted octanol–water partition coefficient (Wildman–Crippen LogP) is 6.37. The van der Waals surface area contributed by atoms with E-state index in [2.05, 4.69) is 32.6 Å². The van der Waals surface area contributed by atoms with Crippen LogP contribution in [0.1, 0.15) is 99.7 Å². The molecular weight excluding hydrogens is 576 g/mol. The zero-order chi connectivity index (χ0) is 31.1. The molecule has 9 rings (SSSR count). The van der Waals surface area contributed by atoms with E-state index in [1.807, 2.05) is 36.4 Å². The third kappa shape index (κ3) is 6.74. The third-order valence-electron chi connectivity index (χ3n) is 12.1. The molecule has 2 amide bonds. The van der Waals surface area contributed by atoms with Gasteiger partial charge in [-0.2, -0.15) is 0 Å². The summed E-state index contributed by atoms with van der Waals surface area (Å²) in [5.41, 5.74) is 3.76. The van der Waals surface area contributed by atoms with Crippen LogP contribution in [-0.4, -0.2) is 71.3 Å². The molecule has 0 spiro atoms. The molecule has 4 aliphatic carbocycles. The van der Waals surface area contributed by atoms with Crippen LogP contribution in [-0.2, 0) is 16.1 Å². The fourth-order valence-electron chi connectivity index (χ4n) is 10.3. The van der Waals surface area contributed by atoms with Crippen molar-refractivity contribution < 1.29 is 19.4 Å². The van der Waals surface area contributed by atoms with E-state index in [0.29, 0.717) is 6.04 Å². The Hall–Kier alpha value is -2.49. The van der Waals surface area contributed by atoms with Gasteiger partial charge in [-0.25, -0.2) is 4.79 Å². The van der Waals surface area contributed by atoms with Crippen molar-refractivity contribution in [3.05, 3.63) is 65.2 Å². The highest BCUT2D eigenvalue weighted by molar-refractivity contribution is 5.89. The summed E-state index contributed by atoms with van der Waals surface area (Å²) < 4.78 is 13.3. The van der Waals surface area contributed by atoms with Crippen LogP contribution >= 0.6 is 0 Å². The Morgan fingerprint density at radius 1 is 0.804 bits per heavy atom. The molecule has 0 unspecified atom stereocenters. The van der Waals surface area contributed by atoms with Crippen molar-refractivity contribution in [2.45, 2.75) is 107 Å². The summed E-state index contributed by atoms with van der Waals surface area (Å²) in [6.45, 7) is 5.72. The summed E-state index contributed by atoms with van der Waals surface area (Å²) in [4.78, 5) is 18.5. The lowest BCUT2D eigenvalue weighted by Gasteiger charge is -2.56. The lowest BCUT2D eigenvalue weighted by molar-refractivity contribution is -0.253. The summed E-state index contributed by atoms with van der Waals surface area (Å²) in [6.07, 6.45) is 12.9. The van der Waals surface area contributed by atoms with Crippen LogP contribution in [0.15, 0.2) is 48.5 Å². The summed E-state index contributed by atoms with van der Waals surface area (Å²) in [6, 6.07) is 16.7. The van der Waals surface area contributed by atoms with Gasteiger partial charge in [-0.15, -0.1) is 0 Å². The number of benzene rings is 2. The highest BCUT2D eigenvalue weighted by atomic mass is 16.7. The van der Waals surface area contributed by atoms with E-state index in [0.717, 1.165) is 78.9 Å². The first-order chi connectivity index (χ1) is 22.5. The number of anilines is 1. The Bertz CT molecular complexity index is 1310. The number of carbonyl (C=O) groups excluding carboxylic acids is 1. The van der Waals surface area contributed by atoms with Crippen LogP contribution in [0.3, 0.4) is 0 Å². The van der Waals surface area contributed by atoms with Crippen molar-refractivity contribution in [2.24, 2.45) is 17.8 Å². The first-order valence-corrected chi connectivity index (χ1v) is 18.2. The summed E-state index contributed by atoms with van der Waals surface area (Å²) in [5.74, 6) is 2.38. The van der Waals surface area contributed by atoms with E-state index in [1.165, 1.54) is 64.6 Å². The van der Waals surface area contributed by atoms with Gasteiger partial charge in [0.25, 0.3) is 0 Å². The molecule has 3 heterocycles. The second kappa shape index (κ2) is 13.2. The lowest BCUT2D eigenvalue weighted by Crippen LogP contribution is -2.60. The monoisotopic (exact) mass is 628 g/mol. The molecule has 248 valence electrons. The van der Waals surface area contributed by atoms with Gasteiger partial charge in [0.05, 0.1) is 18.8 Å². The van der Waals surface area contributed by atoms with Gasteiger partial charge in [0.1, 0.15) is 0 Å². The average molecular weight is 629 g/mol. The van der Waals surface area contributed by atoms with Crippen molar-refractivity contribution in [1.82, 2.24) is 15.1 Å². The SMILES string of the molecule is O=C(Nc1ccc([C@@H]2O[C@H](CN3CCC[C@H]3CN3CCCC3)C[C@H](c3ccc(CO)cc3)O2)cc1)NC12CC3CC(CC(C3)C1)C2. The molecule has 46 heavy (non-hydrogen) atoms. The van der Waals surface area contributed by atoms with Gasteiger partial charge >= 0.3 is 6.03 Å². The molecule has 3 saturated heterocycles. The summed E-state index contributed by atoms with van der Waals surface area (Å²) >= 11 is 0. The normalized spacial score (nSPS) is 35.9. The van der Waals surface area contributed by atoms with Crippen molar-refractivity contribution in [3.63, 3.8) is 0 Å². The van der Waals surface area contributed by atoms with Crippen molar-refractivity contribution in [1.29, 1.82) is 0 Å². The molecule has 7 aliphatic rings. The fourth-order valence-corrected chi connectivity index (χ4v) is 10.3. The van der Waals surface area contributed by atoms with Gasteiger partial charge in [-0.3, -0.25) is 4.90 Å². The van der Waals surface area contributed by atoms with Gasteiger partial charge in [0.15, 0.2) is 6.29 Å². The van der Waals surface area contributed by atoms with E-state index in [9.17, 15) is 9.90 Å². The first-order valence-electron chi connectivity index (χ1n) is 18.2. The number of ether oxygens (including phenoxy) is 2. The quantitative estimate of drug-likeness (QED) is 0.299. The minimum atomic E-state index is -0.490. The largest absolute Gasteiger partial charge is 0.392 e. The van der Waals surface area contributed by atoms with Crippen LogP contribution < -0.4 is 10.6 Å². The van der Waals surface area contributed by atoms with E-state index in [1.54, 1.807) is 0 Å². The third-order valence-corrected chi connectivity index (χ3v) is 12.1. The minimum Gasteiger partial charge on any atom is -0.392 e. The second-order valence-electron chi connectivity index (χ2n) is 15.5. The van der Waals surface area contributed by atoms with Crippen LogP contribution in [0.5, 0.6) is 0 Å². The highest BCUT2D eigenvalue weighted by Crippen LogP contribution is 2.55. The topological polar surface area (TPSA) is 86.3 Å². The van der Waals surface area contributed by atoms with Gasteiger partial charge < -0.3 is 30.1 Å². The van der Waals surface area contributed by atoms with E-state index in [-0.39, 0.29) is 30.4 Å². The maximum absolute atomic E-state index is 13.2. The Morgan fingerprint density at radius 3 is 2.15 bits per heavy atom. The number of hydrogen-bond donors (Lipinski definition) is 3. The number of urea groups is 1. The lowest BCUT2D eigenvalue weighted by atomic mass is 9.53. The zero-order valence-electron chi connectivity index (χ0n) is 27.2. The number of nitrogens with one attached hydrogen (secondary N) is 2. The number of aliphatic hydroxyl groups excluding tert-OH is 1. The standard InChI is InChI=1S/C38H52N4O4/c43-25-26-5-7-30(8-6-26)35-19-34(24-42-15-3-4-33(42)23-41-13-1-2-14-41)45-36(46-35)31-9-11-32(12-10-31)39-37(44)40-38-20-27-16-28(21-38)18-29(17-27)22-38/h5-12,27-29,33-36,43H,1-4,13-25H2,(H2,39,40,44)/t27?,28?,29?,33-,34-,35+,36+,38?/m0/s1. The number of nitrogens with zero attached hydrogens (tertiary/aromatic N) is 2. The summed E-state index contributed by atoms with van der Waals surface area (Å²) in [7, 11) is 0. The van der Waals surface area contributed by atoms with Crippen molar-refractivity contribution in [3.8, 4) is 0 Å². The van der Waals surface area contributed by atoms with E-state index in [4.69, 9.17) is 9.47 Å². The Morgan fingerprint density at radius 2 is 1.48 bits per heavy atom. The molecule has 8 heteroatoms. The highest BCUT2D eigenvalue weighted by Gasteiger charge is 2.51. The van der Waals surface area contributed by atoms with E-state index < -0.39 is 6.29 Å². The maximum atomic E-state index is 13.2. The molecule has 4 bridgehead atoms. The Labute approximate surface area is 274 Å². The zero-order valence-corrected chi connectivity index (χ0v) is 27.2. The van der Waals surface area contributed by atoms with E-state index >= 15 is 0 Å². The van der Waals surface area contributed by atoms with Crippen LogP contribution in [0, 0.1) is 17.8 Å². The smallest absolute Gasteiger partial charge is 0.319 e. The maximum Gasteiger partial charge on any atom is 0.319 e. The van der Waals surface area contributed by atoms with Gasteiger partial charge in [-0.05, 0) is 125 Å². The van der Waals surface area contributed by atoms with Gasteiger partial charge in [0, 0.05) is 42.3 Å². The first kappa shape index (κ1) is 30.8. The fraction of sp³-hybridized carbons (Fsp3) is 0.658. The average Bonchev–Trinajstić information content (AvgIpc) is 3.73. The number of carbonyl (C=O) groups is 1. The molecule has 4 atom stereocenters. The molecule has 7 fully saturated rings. The molecule has 0 aromatic heterocycles. The number of amides is 2. The van der Waals surface area contributed by atoms with Crippen molar-refractivity contribution in [2.75, 3.05) is 38.0 Å². The Balaban J connectivity index is 0.937. The molecule has 2 aromatic rings. The van der Waals surface area contributed by atoms with Crippen LogP contribution in [0.2, 0.25) is 0 Å². The van der Waals surface area contributed by atoms with Crippen molar-refractivity contribution >= 4 is 11.7 Å². The minimum absolute atomic E-state index is 0.00915. The second-order valence-corrected chi connectivity index (χ2v) is 15.5. The van der Waals surface area contributed by atoms with Gasteiger partial charge in [0.2, 0.25) is 0 Å². The molecule has 4 saturated carbocycles. The van der Waals surface area contributed by atoms with Crippen LogP contribution in [0.25, 0.3) is 0 Å². The molecular formula is C38H52N4O4. The molecule has 3 N–H and O–H groups in total. The Kier molecular flexibility index (Phi) is 8.84. The predicted molar refractivity (Wildman–Crippen MR) is 178 cm³/mol.